The second kappa shape index (κ2) is 6.23. The van der Waals surface area contributed by atoms with Crippen molar-refractivity contribution in [2.45, 2.75) is 27.3 Å². The normalized spacial score (nSPS) is 10.3. The number of pyridine rings is 1. The third kappa shape index (κ3) is 3.47. The van der Waals surface area contributed by atoms with E-state index in [1.54, 1.807) is 0 Å². The number of benzene rings is 1. The maximum atomic E-state index is 5.49. The van der Waals surface area contributed by atoms with Gasteiger partial charge < -0.3 is 10.1 Å². The molecular weight excluding hydrogens is 236 g/mol. The van der Waals surface area contributed by atoms with Crippen molar-refractivity contribution < 1.29 is 4.74 Å². The number of nitrogens with one attached hydrogen (secondary N) is 1. The van der Waals surface area contributed by atoms with Crippen LogP contribution in [0.5, 0.6) is 5.75 Å². The minimum absolute atomic E-state index is 0.696. The summed E-state index contributed by atoms with van der Waals surface area (Å²) in [4.78, 5) is 4.16. The number of aryl methyl sites for hydroxylation is 2. The van der Waals surface area contributed by atoms with Crippen LogP contribution in [0.1, 0.15) is 23.6 Å². The lowest BCUT2D eigenvalue weighted by molar-refractivity contribution is 0.340. The third-order valence-electron chi connectivity index (χ3n) is 3.13. The Kier molecular flexibility index (Phi) is 4.39. The molecule has 2 rings (SSSR count). The quantitative estimate of drug-likeness (QED) is 0.885. The molecule has 0 aliphatic rings. The largest absolute Gasteiger partial charge is 0.494 e. The lowest BCUT2D eigenvalue weighted by Gasteiger charge is -2.12. The smallest absolute Gasteiger partial charge is 0.119 e. The summed E-state index contributed by atoms with van der Waals surface area (Å²) in [5.74, 6) is 0.920. The van der Waals surface area contributed by atoms with Gasteiger partial charge in [-0.1, -0.05) is 0 Å². The molecule has 0 radical (unpaired) electrons. The molecule has 0 fully saturated rings. The van der Waals surface area contributed by atoms with E-state index in [0.717, 1.165) is 18.0 Å². The van der Waals surface area contributed by atoms with Crippen LogP contribution in [-0.4, -0.2) is 11.6 Å². The standard InChI is InChI=1S/C16H20N2O/c1-4-19-15-5-6-16(13(3)9-15)18-11-14-10-17-8-7-12(14)2/h5-10,18H,4,11H2,1-3H3. The third-order valence-corrected chi connectivity index (χ3v) is 3.13. The van der Waals surface area contributed by atoms with Crippen molar-refractivity contribution in [1.29, 1.82) is 0 Å². The highest BCUT2D eigenvalue weighted by molar-refractivity contribution is 5.54. The van der Waals surface area contributed by atoms with Crippen molar-refractivity contribution in [1.82, 2.24) is 4.98 Å². The number of hydrogen-bond acceptors (Lipinski definition) is 3. The minimum atomic E-state index is 0.696. The SMILES string of the molecule is CCOc1ccc(NCc2cnccc2C)c(C)c1. The molecule has 1 N–H and O–H groups in total. The van der Waals surface area contributed by atoms with Crippen LogP contribution in [0.4, 0.5) is 5.69 Å². The minimum Gasteiger partial charge on any atom is -0.494 e. The first-order chi connectivity index (χ1) is 9.20. The first-order valence-corrected chi connectivity index (χ1v) is 6.57. The highest BCUT2D eigenvalue weighted by atomic mass is 16.5. The lowest BCUT2D eigenvalue weighted by Crippen LogP contribution is -2.03. The Morgan fingerprint density at radius 3 is 2.68 bits per heavy atom. The summed E-state index contributed by atoms with van der Waals surface area (Å²) in [6, 6.07) is 8.14. The molecule has 3 nitrogen and oxygen atoms in total. The molecule has 1 aromatic carbocycles. The van der Waals surface area contributed by atoms with Gasteiger partial charge in [0.2, 0.25) is 0 Å². The van der Waals surface area contributed by atoms with Gasteiger partial charge in [-0.2, -0.15) is 0 Å². The molecule has 2 aromatic rings. The molecule has 19 heavy (non-hydrogen) atoms. The van der Waals surface area contributed by atoms with Crippen molar-refractivity contribution >= 4 is 5.69 Å². The summed E-state index contributed by atoms with van der Waals surface area (Å²) in [6.07, 6.45) is 3.73. The zero-order chi connectivity index (χ0) is 13.7. The Morgan fingerprint density at radius 1 is 1.16 bits per heavy atom. The van der Waals surface area contributed by atoms with Crippen LogP contribution in [0.2, 0.25) is 0 Å². The maximum Gasteiger partial charge on any atom is 0.119 e. The van der Waals surface area contributed by atoms with Gasteiger partial charge in [0.1, 0.15) is 5.75 Å². The monoisotopic (exact) mass is 256 g/mol. The Morgan fingerprint density at radius 2 is 2.00 bits per heavy atom. The number of ether oxygens (including phenoxy) is 1. The first kappa shape index (κ1) is 13.4. The van der Waals surface area contributed by atoms with Crippen LogP contribution in [0.3, 0.4) is 0 Å². The molecule has 0 saturated carbocycles. The molecule has 0 spiro atoms. The Balaban J connectivity index is 2.06. The van der Waals surface area contributed by atoms with Gasteiger partial charge in [0.05, 0.1) is 6.61 Å². The Hall–Kier alpha value is -2.03. The van der Waals surface area contributed by atoms with Gasteiger partial charge in [-0.3, -0.25) is 4.98 Å². The zero-order valence-corrected chi connectivity index (χ0v) is 11.7. The van der Waals surface area contributed by atoms with Gasteiger partial charge in [-0.25, -0.2) is 0 Å². The van der Waals surface area contributed by atoms with Crippen LogP contribution >= 0.6 is 0 Å². The van der Waals surface area contributed by atoms with E-state index in [1.807, 2.05) is 31.5 Å². The summed E-state index contributed by atoms with van der Waals surface area (Å²) < 4.78 is 5.49. The number of rotatable bonds is 5. The van der Waals surface area contributed by atoms with Crippen LogP contribution in [0.15, 0.2) is 36.7 Å². The van der Waals surface area contributed by atoms with Crippen LogP contribution in [0.25, 0.3) is 0 Å². The molecule has 0 saturated heterocycles. The molecule has 0 amide bonds. The lowest BCUT2D eigenvalue weighted by atomic mass is 10.1. The fourth-order valence-electron chi connectivity index (χ4n) is 1.96. The number of hydrogen-bond donors (Lipinski definition) is 1. The Bertz CT molecular complexity index is 552. The van der Waals surface area contributed by atoms with Crippen molar-refractivity contribution in [3.8, 4) is 5.75 Å². The fraction of sp³-hybridized carbons (Fsp3) is 0.312. The summed E-state index contributed by atoms with van der Waals surface area (Å²) in [5, 5.41) is 3.44. The molecule has 1 heterocycles. The van der Waals surface area contributed by atoms with Crippen LogP contribution in [0, 0.1) is 13.8 Å². The van der Waals surface area contributed by atoms with E-state index in [9.17, 15) is 0 Å². The molecule has 100 valence electrons. The second-order valence-electron chi connectivity index (χ2n) is 4.57. The van der Waals surface area contributed by atoms with Crippen molar-refractivity contribution in [3.05, 3.63) is 53.3 Å². The molecule has 0 aliphatic heterocycles. The van der Waals surface area contributed by atoms with E-state index < -0.39 is 0 Å². The summed E-state index contributed by atoms with van der Waals surface area (Å²) in [7, 11) is 0. The second-order valence-corrected chi connectivity index (χ2v) is 4.57. The predicted molar refractivity (Wildman–Crippen MR) is 78.6 cm³/mol. The number of anilines is 1. The van der Waals surface area contributed by atoms with Gasteiger partial charge in [-0.15, -0.1) is 0 Å². The molecule has 0 unspecified atom stereocenters. The van der Waals surface area contributed by atoms with Gasteiger partial charge in [0, 0.05) is 24.6 Å². The van der Waals surface area contributed by atoms with Gasteiger partial charge in [0.15, 0.2) is 0 Å². The maximum absolute atomic E-state index is 5.49. The highest BCUT2D eigenvalue weighted by Gasteiger charge is 2.02. The molecule has 0 aliphatic carbocycles. The Labute approximate surface area is 114 Å². The van der Waals surface area contributed by atoms with E-state index in [2.05, 4.69) is 36.3 Å². The van der Waals surface area contributed by atoms with E-state index in [1.165, 1.54) is 16.7 Å². The average molecular weight is 256 g/mol. The number of aromatic nitrogens is 1. The van der Waals surface area contributed by atoms with Crippen LogP contribution in [-0.2, 0) is 6.54 Å². The topological polar surface area (TPSA) is 34.1 Å². The van der Waals surface area contributed by atoms with Crippen molar-refractivity contribution in [2.75, 3.05) is 11.9 Å². The molecule has 3 heteroatoms. The van der Waals surface area contributed by atoms with E-state index in [-0.39, 0.29) is 0 Å². The van der Waals surface area contributed by atoms with Crippen LogP contribution < -0.4 is 10.1 Å². The number of nitrogens with zero attached hydrogens (tertiary/aromatic N) is 1. The zero-order valence-electron chi connectivity index (χ0n) is 11.7. The van der Waals surface area contributed by atoms with Crippen molar-refractivity contribution in [2.24, 2.45) is 0 Å². The molecular formula is C16H20N2O. The predicted octanol–water partition coefficient (Wildman–Crippen LogP) is 3.71. The van der Waals surface area contributed by atoms with Gasteiger partial charge >= 0.3 is 0 Å². The average Bonchev–Trinajstić information content (AvgIpc) is 2.40. The van der Waals surface area contributed by atoms with E-state index >= 15 is 0 Å². The molecule has 1 aromatic heterocycles. The highest BCUT2D eigenvalue weighted by Crippen LogP contribution is 2.22. The molecule has 0 atom stereocenters. The first-order valence-electron chi connectivity index (χ1n) is 6.57. The molecule has 0 bridgehead atoms. The summed E-state index contributed by atoms with van der Waals surface area (Å²) in [6.45, 7) is 7.66. The van der Waals surface area contributed by atoms with Gasteiger partial charge in [-0.05, 0) is 61.7 Å². The van der Waals surface area contributed by atoms with E-state index in [0.29, 0.717) is 6.61 Å². The summed E-state index contributed by atoms with van der Waals surface area (Å²) in [5.41, 5.74) is 4.79. The van der Waals surface area contributed by atoms with E-state index in [4.69, 9.17) is 4.74 Å². The summed E-state index contributed by atoms with van der Waals surface area (Å²) >= 11 is 0. The van der Waals surface area contributed by atoms with Gasteiger partial charge in [0.25, 0.3) is 0 Å². The fourth-order valence-corrected chi connectivity index (χ4v) is 1.96. The van der Waals surface area contributed by atoms with Crippen molar-refractivity contribution in [3.63, 3.8) is 0 Å².